The van der Waals surface area contributed by atoms with Crippen LogP contribution >= 0.6 is 11.6 Å². The van der Waals surface area contributed by atoms with Crippen LogP contribution in [0.3, 0.4) is 0 Å². The van der Waals surface area contributed by atoms with Crippen LogP contribution in [0, 0.1) is 11.6 Å². The van der Waals surface area contributed by atoms with Gasteiger partial charge in [0.15, 0.2) is 17.4 Å². The number of halogens is 6. The number of alkyl halides is 3. The molecule has 0 spiro atoms. The fourth-order valence-corrected chi connectivity index (χ4v) is 5.16. The van der Waals surface area contributed by atoms with E-state index in [4.69, 9.17) is 21.1 Å². The van der Waals surface area contributed by atoms with Gasteiger partial charge in [-0.25, -0.2) is 13.6 Å². The van der Waals surface area contributed by atoms with Crippen LogP contribution in [0.25, 0.3) is 0 Å². The molecule has 222 valence electrons. The van der Waals surface area contributed by atoms with Gasteiger partial charge in [0, 0.05) is 32.2 Å². The van der Waals surface area contributed by atoms with Gasteiger partial charge in [-0.1, -0.05) is 25.4 Å². The Morgan fingerprint density at radius 1 is 1.05 bits per heavy atom. The van der Waals surface area contributed by atoms with E-state index >= 15 is 0 Å². The van der Waals surface area contributed by atoms with Gasteiger partial charge in [-0.05, 0) is 61.8 Å². The lowest BCUT2D eigenvalue weighted by atomic mass is 10.0. The molecule has 1 fully saturated rings. The average molecular weight is 601 g/mol. The van der Waals surface area contributed by atoms with Crippen LogP contribution in [0.1, 0.15) is 37.8 Å². The highest BCUT2D eigenvalue weighted by Crippen LogP contribution is 2.38. The number of aromatic nitrogens is 2. The second-order valence-corrected chi connectivity index (χ2v) is 10.1. The van der Waals surface area contributed by atoms with Crippen molar-refractivity contribution < 1.29 is 31.4 Å². The summed E-state index contributed by atoms with van der Waals surface area (Å²) in [6, 6.07) is 6.50. The Morgan fingerprint density at radius 3 is 2.27 bits per heavy atom. The summed E-state index contributed by atoms with van der Waals surface area (Å²) in [5.74, 6) is -3.01. The molecule has 0 aliphatic carbocycles. The number of piperidine rings is 1. The van der Waals surface area contributed by atoms with Crippen molar-refractivity contribution >= 4 is 17.4 Å². The maximum atomic E-state index is 14.8. The summed E-state index contributed by atoms with van der Waals surface area (Å²) in [4.78, 5) is 20.9. The standard InChI is InChI=1S/C28H30ClF5N4O3/c1-4-37(5-2)18-8-10-38(11-9-18)25-15-24(35-27(39)36(25)3)40-16-17-12-22(30)26(23(31)13-17)41-19-6-7-21(29)20(14-19)28(32,33)34/h6-7,12-15,18H,4-5,8-11,16H2,1-3H3. The third-order valence-corrected chi connectivity index (χ3v) is 7.44. The predicted octanol–water partition coefficient (Wildman–Crippen LogP) is 6.41. The van der Waals surface area contributed by atoms with Gasteiger partial charge in [-0.3, -0.25) is 4.57 Å². The number of hydrogen-bond donors (Lipinski definition) is 0. The molecule has 2 aromatic carbocycles. The molecular weight excluding hydrogens is 571 g/mol. The molecule has 2 heterocycles. The van der Waals surface area contributed by atoms with Gasteiger partial charge in [0.05, 0.1) is 10.6 Å². The van der Waals surface area contributed by atoms with E-state index in [2.05, 4.69) is 28.6 Å². The minimum Gasteiger partial charge on any atom is -0.473 e. The zero-order valence-corrected chi connectivity index (χ0v) is 23.5. The smallest absolute Gasteiger partial charge is 0.417 e. The maximum Gasteiger partial charge on any atom is 0.417 e. The van der Waals surface area contributed by atoms with Crippen molar-refractivity contribution in [1.82, 2.24) is 14.5 Å². The molecule has 0 amide bonds. The van der Waals surface area contributed by atoms with Crippen LogP contribution in [0.4, 0.5) is 27.8 Å². The van der Waals surface area contributed by atoms with E-state index in [1.807, 2.05) is 0 Å². The molecule has 13 heteroatoms. The molecule has 7 nitrogen and oxygen atoms in total. The SMILES string of the molecule is CCN(CC)C1CCN(c2cc(OCc3cc(F)c(Oc4ccc(Cl)c(C(F)(F)F)c4)c(F)c3)nc(=O)n2C)CC1. The number of rotatable bonds is 9. The van der Waals surface area contributed by atoms with Crippen molar-refractivity contribution in [2.24, 2.45) is 7.05 Å². The van der Waals surface area contributed by atoms with Crippen LogP contribution in [-0.2, 0) is 19.8 Å². The predicted molar refractivity (Wildman–Crippen MR) is 145 cm³/mol. The molecule has 0 unspecified atom stereocenters. The Morgan fingerprint density at radius 2 is 1.68 bits per heavy atom. The van der Waals surface area contributed by atoms with Gasteiger partial charge in [-0.15, -0.1) is 0 Å². The van der Waals surface area contributed by atoms with Crippen LogP contribution in [0.15, 0.2) is 41.2 Å². The summed E-state index contributed by atoms with van der Waals surface area (Å²) in [6.45, 7) is 7.38. The normalized spacial score (nSPS) is 14.5. The lowest BCUT2D eigenvalue weighted by Crippen LogP contribution is -2.46. The highest BCUT2D eigenvalue weighted by Gasteiger charge is 2.34. The number of ether oxygens (including phenoxy) is 2. The van der Waals surface area contributed by atoms with E-state index in [-0.39, 0.29) is 18.1 Å². The fourth-order valence-electron chi connectivity index (χ4n) is 4.94. The lowest BCUT2D eigenvalue weighted by Gasteiger charge is -2.39. The topological polar surface area (TPSA) is 59.8 Å². The zero-order chi connectivity index (χ0) is 29.9. The zero-order valence-electron chi connectivity index (χ0n) is 22.8. The molecule has 1 aromatic heterocycles. The van der Waals surface area contributed by atoms with Gasteiger partial charge in [0.1, 0.15) is 18.2 Å². The minimum absolute atomic E-state index is 0.00375. The lowest BCUT2D eigenvalue weighted by molar-refractivity contribution is -0.137. The third kappa shape index (κ3) is 7.10. The Balaban J connectivity index is 1.46. The van der Waals surface area contributed by atoms with E-state index in [1.165, 1.54) is 4.57 Å². The molecule has 4 rings (SSSR count). The molecule has 0 atom stereocenters. The summed E-state index contributed by atoms with van der Waals surface area (Å²) >= 11 is 5.58. The van der Waals surface area contributed by atoms with E-state index < -0.39 is 45.6 Å². The van der Waals surface area contributed by atoms with Gasteiger partial charge < -0.3 is 19.3 Å². The number of anilines is 1. The summed E-state index contributed by atoms with van der Waals surface area (Å²) in [5, 5.41) is -0.574. The number of benzene rings is 2. The van der Waals surface area contributed by atoms with Crippen LogP contribution < -0.4 is 20.1 Å². The van der Waals surface area contributed by atoms with Crippen molar-refractivity contribution in [3.8, 4) is 17.4 Å². The quantitative estimate of drug-likeness (QED) is 0.265. The first-order valence-corrected chi connectivity index (χ1v) is 13.5. The van der Waals surface area contributed by atoms with Crippen molar-refractivity contribution in [1.29, 1.82) is 0 Å². The summed E-state index contributed by atoms with van der Waals surface area (Å²) < 4.78 is 81.0. The van der Waals surface area contributed by atoms with Gasteiger partial charge in [-0.2, -0.15) is 18.2 Å². The highest BCUT2D eigenvalue weighted by molar-refractivity contribution is 6.31. The van der Waals surface area contributed by atoms with Gasteiger partial charge in [0.2, 0.25) is 5.88 Å². The number of nitrogens with zero attached hydrogens (tertiary/aromatic N) is 4. The molecule has 0 saturated carbocycles. The molecule has 0 radical (unpaired) electrons. The molecule has 1 aliphatic heterocycles. The fraction of sp³-hybridized carbons (Fsp3) is 0.429. The van der Waals surface area contributed by atoms with Crippen LogP contribution in [-0.4, -0.2) is 46.7 Å². The van der Waals surface area contributed by atoms with Crippen LogP contribution in [0.2, 0.25) is 5.02 Å². The molecule has 1 saturated heterocycles. The number of hydrogen-bond acceptors (Lipinski definition) is 6. The van der Waals surface area contributed by atoms with E-state index in [9.17, 15) is 26.7 Å². The van der Waals surface area contributed by atoms with Crippen molar-refractivity contribution in [2.75, 3.05) is 31.1 Å². The van der Waals surface area contributed by atoms with Gasteiger partial charge in [0.25, 0.3) is 0 Å². The first-order valence-electron chi connectivity index (χ1n) is 13.1. The first-order chi connectivity index (χ1) is 19.4. The Kier molecular flexibility index (Phi) is 9.43. The highest BCUT2D eigenvalue weighted by atomic mass is 35.5. The average Bonchev–Trinajstić information content (AvgIpc) is 2.92. The minimum atomic E-state index is -4.77. The third-order valence-electron chi connectivity index (χ3n) is 7.11. The van der Waals surface area contributed by atoms with Crippen molar-refractivity contribution in [3.05, 3.63) is 74.7 Å². The summed E-state index contributed by atoms with van der Waals surface area (Å²) in [5.41, 5.74) is -1.68. The monoisotopic (exact) mass is 600 g/mol. The van der Waals surface area contributed by atoms with E-state index in [0.717, 1.165) is 63.3 Å². The van der Waals surface area contributed by atoms with E-state index in [1.54, 1.807) is 13.1 Å². The molecule has 3 aromatic rings. The second kappa shape index (κ2) is 12.6. The summed E-state index contributed by atoms with van der Waals surface area (Å²) in [6.07, 6.45) is -2.90. The van der Waals surface area contributed by atoms with Crippen LogP contribution in [0.5, 0.6) is 17.4 Å². The van der Waals surface area contributed by atoms with Gasteiger partial charge >= 0.3 is 11.9 Å². The molecule has 0 N–H and O–H groups in total. The second-order valence-electron chi connectivity index (χ2n) is 9.65. The largest absolute Gasteiger partial charge is 0.473 e. The first kappa shape index (κ1) is 30.6. The van der Waals surface area contributed by atoms with Crippen molar-refractivity contribution in [3.63, 3.8) is 0 Å². The molecule has 0 bridgehead atoms. The molecular formula is C28H30ClF5N4O3. The van der Waals surface area contributed by atoms with E-state index in [0.29, 0.717) is 17.9 Å². The maximum absolute atomic E-state index is 14.8. The Bertz CT molecular complexity index is 1410. The molecule has 1 aliphatic rings. The van der Waals surface area contributed by atoms with Crippen molar-refractivity contribution in [2.45, 2.75) is 45.5 Å². The Hall–Kier alpha value is -3.38. The summed E-state index contributed by atoms with van der Waals surface area (Å²) in [7, 11) is 1.62. The Labute approximate surface area is 239 Å². The molecule has 41 heavy (non-hydrogen) atoms.